The minimum Gasteiger partial charge on any atom is -0.508 e. The second kappa shape index (κ2) is 3.91. The maximum atomic E-state index is 9.02. The average Bonchev–Trinajstić information content (AvgIpc) is 2.09. The van der Waals surface area contributed by atoms with Crippen LogP contribution in [0.15, 0.2) is 29.4 Å². The molecule has 0 radical (unpaired) electrons. The summed E-state index contributed by atoms with van der Waals surface area (Å²) in [7, 11) is 0. The number of phenolic OH excluding ortho intramolecular Hbond substituents is 1. The summed E-state index contributed by atoms with van der Waals surface area (Å²) in [6.07, 6.45) is 0. The molecule has 0 bridgehead atoms. The van der Waals surface area contributed by atoms with Gasteiger partial charge in [0.2, 0.25) is 0 Å². The Kier molecular flexibility index (Phi) is 2.87. The van der Waals surface area contributed by atoms with Gasteiger partial charge in [0.05, 0.1) is 0 Å². The van der Waals surface area contributed by atoms with E-state index in [0.29, 0.717) is 11.3 Å². The van der Waals surface area contributed by atoms with Crippen molar-refractivity contribution in [2.45, 2.75) is 13.0 Å². The highest BCUT2D eigenvalue weighted by atomic mass is 16.4. The normalized spacial score (nSPS) is 14.2. The Balaban J connectivity index is 3.00. The van der Waals surface area contributed by atoms with Gasteiger partial charge in [-0.05, 0) is 31.2 Å². The first-order valence-electron chi connectivity index (χ1n) is 3.92. The van der Waals surface area contributed by atoms with E-state index >= 15 is 0 Å². The van der Waals surface area contributed by atoms with Crippen LogP contribution in [-0.2, 0) is 0 Å². The monoisotopic (exact) mass is 180 g/mol. The van der Waals surface area contributed by atoms with Gasteiger partial charge in [0.15, 0.2) is 0 Å². The lowest BCUT2D eigenvalue weighted by atomic mass is 10.1. The van der Waals surface area contributed by atoms with Crippen LogP contribution in [0.1, 0.15) is 12.5 Å². The molecule has 0 spiro atoms. The van der Waals surface area contributed by atoms with Gasteiger partial charge < -0.3 is 16.0 Å². The zero-order chi connectivity index (χ0) is 9.84. The van der Waals surface area contributed by atoms with Gasteiger partial charge in [-0.3, -0.25) is 0 Å². The summed E-state index contributed by atoms with van der Waals surface area (Å²) in [4.78, 5) is 0. The summed E-state index contributed by atoms with van der Waals surface area (Å²) in [5, 5.41) is 20.8. The average molecular weight is 180 g/mol. The molecule has 0 amide bonds. The van der Waals surface area contributed by atoms with Gasteiger partial charge in [0.25, 0.3) is 0 Å². The maximum absolute atomic E-state index is 9.02. The van der Waals surface area contributed by atoms with Gasteiger partial charge >= 0.3 is 0 Å². The number of rotatable bonds is 2. The molecule has 1 aromatic rings. The molecule has 70 valence electrons. The number of nitrogens with zero attached hydrogens (tertiary/aromatic N) is 1. The molecule has 1 aromatic carbocycles. The molecule has 4 N–H and O–H groups in total. The SMILES string of the molecule is CC(N)C(=NO)c1ccc(O)cc1. The van der Waals surface area contributed by atoms with E-state index in [1.54, 1.807) is 19.1 Å². The molecule has 1 rings (SSSR count). The van der Waals surface area contributed by atoms with Crippen LogP contribution in [0.3, 0.4) is 0 Å². The van der Waals surface area contributed by atoms with Crippen LogP contribution < -0.4 is 5.73 Å². The van der Waals surface area contributed by atoms with Crippen LogP contribution in [0.5, 0.6) is 5.75 Å². The van der Waals surface area contributed by atoms with Crippen molar-refractivity contribution in [1.29, 1.82) is 0 Å². The highest BCUT2D eigenvalue weighted by Gasteiger charge is 2.08. The Morgan fingerprint density at radius 3 is 2.31 bits per heavy atom. The van der Waals surface area contributed by atoms with Gasteiger partial charge in [-0.1, -0.05) is 5.16 Å². The van der Waals surface area contributed by atoms with E-state index in [9.17, 15) is 0 Å². The van der Waals surface area contributed by atoms with Crippen LogP contribution in [-0.4, -0.2) is 22.1 Å². The minimum atomic E-state index is -0.338. The lowest BCUT2D eigenvalue weighted by Crippen LogP contribution is -2.27. The van der Waals surface area contributed by atoms with E-state index < -0.39 is 0 Å². The van der Waals surface area contributed by atoms with E-state index in [0.717, 1.165) is 0 Å². The summed E-state index contributed by atoms with van der Waals surface area (Å²) in [6.45, 7) is 1.72. The number of benzene rings is 1. The number of nitrogens with two attached hydrogens (primary N) is 1. The quantitative estimate of drug-likeness (QED) is 0.359. The van der Waals surface area contributed by atoms with Crippen molar-refractivity contribution in [3.05, 3.63) is 29.8 Å². The molecule has 0 saturated heterocycles. The molecule has 13 heavy (non-hydrogen) atoms. The summed E-state index contributed by atoms with van der Waals surface area (Å²) in [5.74, 6) is 0.172. The first-order valence-corrected chi connectivity index (χ1v) is 3.92. The Bertz CT molecular complexity index is 304. The predicted octanol–water partition coefficient (Wildman–Crippen LogP) is 0.918. The molecule has 0 aliphatic carbocycles. The van der Waals surface area contributed by atoms with Crippen molar-refractivity contribution in [3.8, 4) is 5.75 Å². The second-order valence-corrected chi connectivity index (χ2v) is 2.82. The summed E-state index contributed by atoms with van der Waals surface area (Å²) < 4.78 is 0. The highest BCUT2D eigenvalue weighted by Crippen LogP contribution is 2.11. The Labute approximate surface area is 76.3 Å². The molecule has 4 nitrogen and oxygen atoms in total. The summed E-state index contributed by atoms with van der Waals surface area (Å²) in [5.41, 5.74) is 6.67. The minimum absolute atomic E-state index is 0.172. The van der Waals surface area contributed by atoms with Gasteiger partial charge in [-0.15, -0.1) is 0 Å². The van der Waals surface area contributed by atoms with Crippen molar-refractivity contribution >= 4 is 5.71 Å². The lowest BCUT2D eigenvalue weighted by Gasteiger charge is -2.07. The Hall–Kier alpha value is -1.55. The predicted molar refractivity (Wildman–Crippen MR) is 50.1 cm³/mol. The van der Waals surface area contributed by atoms with Gasteiger partial charge in [0.1, 0.15) is 11.5 Å². The highest BCUT2D eigenvalue weighted by molar-refractivity contribution is 6.03. The molecular formula is C9H12N2O2. The van der Waals surface area contributed by atoms with Gasteiger partial charge in [0, 0.05) is 11.6 Å². The smallest absolute Gasteiger partial charge is 0.115 e. The molecule has 0 aromatic heterocycles. The van der Waals surface area contributed by atoms with Gasteiger partial charge in [-0.25, -0.2) is 0 Å². The third-order valence-corrected chi connectivity index (χ3v) is 1.70. The standard InChI is InChI=1S/C9H12N2O2/c1-6(10)9(11-13)7-2-4-8(12)5-3-7/h2-6,12-13H,10H2,1H3. The second-order valence-electron chi connectivity index (χ2n) is 2.82. The van der Waals surface area contributed by atoms with Crippen molar-refractivity contribution < 1.29 is 10.3 Å². The number of oxime groups is 1. The molecule has 1 unspecified atom stereocenters. The fourth-order valence-corrected chi connectivity index (χ4v) is 1.04. The van der Waals surface area contributed by atoms with Crippen molar-refractivity contribution in [3.63, 3.8) is 0 Å². The van der Waals surface area contributed by atoms with Crippen LogP contribution in [0.2, 0.25) is 0 Å². The van der Waals surface area contributed by atoms with Crippen LogP contribution in [0, 0.1) is 0 Å². The van der Waals surface area contributed by atoms with Crippen molar-refractivity contribution in [2.75, 3.05) is 0 Å². The molecule has 4 heteroatoms. The van der Waals surface area contributed by atoms with Crippen molar-refractivity contribution in [2.24, 2.45) is 10.9 Å². The number of phenols is 1. The first kappa shape index (κ1) is 9.54. The summed E-state index contributed by atoms with van der Waals surface area (Å²) >= 11 is 0. The van der Waals surface area contributed by atoms with Crippen LogP contribution >= 0.6 is 0 Å². The Morgan fingerprint density at radius 2 is 1.92 bits per heavy atom. The molecule has 0 heterocycles. The van der Waals surface area contributed by atoms with E-state index in [-0.39, 0.29) is 11.8 Å². The molecule has 1 atom stereocenters. The molecule has 0 fully saturated rings. The third-order valence-electron chi connectivity index (χ3n) is 1.70. The van der Waals surface area contributed by atoms with E-state index in [1.165, 1.54) is 12.1 Å². The van der Waals surface area contributed by atoms with Crippen LogP contribution in [0.25, 0.3) is 0 Å². The molecule has 0 saturated carbocycles. The fourth-order valence-electron chi connectivity index (χ4n) is 1.04. The maximum Gasteiger partial charge on any atom is 0.115 e. The third kappa shape index (κ3) is 2.19. The van der Waals surface area contributed by atoms with E-state index in [4.69, 9.17) is 16.0 Å². The van der Waals surface area contributed by atoms with Crippen LogP contribution in [0.4, 0.5) is 0 Å². The largest absolute Gasteiger partial charge is 0.508 e. The fraction of sp³-hybridized carbons (Fsp3) is 0.222. The Morgan fingerprint density at radius 1 is 1.38 bits per heavy atom. The number of hydrogen-bond acceptors (Lipinski definition) is 4. The first-order chi connectivity index (χ1) is 6.15. The molecule has 0 aliphatic rings. The van der Waals surface area contributed by atoms with Crippen molar-refractivity contribution in [1.82, 2.24) is 0 Å². The lowest BCUT2D eigenvalue weighted by molar-refractivity contribution is 0.317. The zero-order valence-electron chi connectivity index (χ0n) is 7.31. The van der Waals surface area contributed by atoms with E-state index in [2.05, 4.69) is 5.16 Å². The zero-order valence-corrected chi connectivity index (χ0v) is 7.31. The number of aromatic hydroxyl groups is 1. The molecular weight excluding hydrogens is 168 g/mol. The number of hydrogen-bond donors (Lipinski definition) is 3. The summed E-state index contributed by atoms with van der Waals surface area (Å²) in [6, 6.07) is 5.99. The van der Waals surface area contributed by atoms with Gasteiger partial charge in [-0.2, -0.15) is 0 Å². The molecule has 0 aliphatic heterocycles. The topological polar surface area (TPSA) is 78.8 Å². The van der Waals surface area contributed by atoms with E-state index in [1.807, 2.05) is 0 Å².